The van der Waals surface area contributed by atoms with Crippen LogP contribution in [0.25, 0.3) is 0 Å². The molecule has 10 atom stereocenters. The fourth-order valence-electron chi connectivity index (χ4n) is 7.78. The van der Waals surface area contributed by atoms with Crippen LogP contribution in [0.3, 0.4) is 0 Å². The van der Waals surface area contributed by atoms with Gasteiger partial charge in [-0.25, -0.2) is 0 Å². The summed E-state index contributed by atoms with van der Waals surface area (Å²) in [7, 11) is 8.57. The molecule has 296 valence electrons. The Morgan fingerprint density at radius 3 is 2.02 bits per heavy atom. The van der Waals surface area contributed by atoms with Gasteiger partial charge in [-0.15, -0.1) is 0 Å². The normalized spacial score (nSPS) is 20.1. The minimum atomic E-state index is -0.876. The number of nitrogens with zero attached hydrogens (tertiary/aromatic N) is 3. The fraction of sp³-hybridized carbons (Fsp3) is 0.750. The molecule has 1 heterocycles. The van der Waals surface area contributed by atoms with E-state index in [1.165, 1.54) is 0 Å². The molecule has 0 aromatic heterocycles. The monoisotopic (exact) mass is 732 g/mol. The quantitative estimate of drug-likeness (QED) is 0.184. The second-order valence-corrected chi connectivity index (χ2v) is 15.6. The topological polar surface area (TPSA) is 141 Å². The molecule has 0 radical (unpaired) electrons. The lowest BCUT2D eigenvalue weighted by Gasteiger charge is -2.41. The van der Waals surface area contributed by atoms with Crippen LogP contribution in [-0.4, -0.2) is 128 Å². The first-order chi connectivity index (χ1) is 24.4. The number of carbonyl (C=O) groups excluding carboxylic acids is 4. The van der Waals surface area contributed by atoms with Gasteiger partial charge in [0.25, 0.3) is 0 Å². The summed E-state index contributed by atoms with van der Waals surface area (Å²) in [6, 6.07) is 6.72. The van der Waals surface area contributed by atoms with Crippen LogP contribution in [0.4, 0.5) is 0 Å². The predicted molar refractivity (Wildman–Crippen MR) is 204 cm³/mol. The lowest BCUT2D eigenvalue weighted by molar-refractivity contribution is -0.148. The van der Waals surface area contributed by atoms with E-state index < -0.39 is 48.4 Å². The van der Waals surface area contributed by atoms with Crippen molar-refractivity contribution in [3.05, 3.63) is 35.9 Å². The second kappa shape index (κ2) is 21.0. The van der Waals surface area contributed by atoms with Crippen LogP contribution in [0.2, 0.25) is 0 Å². The number of aliphatic hydroxyl groups excluding tert-OH is 1. The van der Waals surface area contributed by atoms with E-state index in [1.54, 1.807) is 44.9 Å². The minimum Gasteiger partial charge on any atom is -0.386 e. The molecule has 2 rings (SSSR count). The van der Waals surface area contributed by atoms with E-state index >= 15 is 0 Å². The van der Waals surface area contributed by atoms with Crippen LogP contribution in [0, 0.1) is 23.7 Å². The maximum Gasteiger partial charge on any atom is 0.245 e. The SMILES string of the molecule is CC[C@H](C)[C@@H](C(CC(=O)N1CCC[C@H]1[C@H](OC)[C@@H](C)C(=O)N[C@H](C)[C@@H](O)c1ccccc1)OC)N(C)C(=O)[C@@H](NC(=O)[C@H](C(C)C)N(C)C)C(C)C. The van der Waals surface area contributed by atoms with Crippen LogP contribution in [-0.2, 0) is 28.7 Å². The summed E-state index contributed by atoms with van der Waals surface area (Å²) < 4.78 is 11.9. The van der Waals surface area contributed by atoms with E-state index in [2.05, 4.69) is 10.6 Å². The maximum absolute atomic E-state index is 14.2. The molecule has 1 aromatic carbocycles. The molecule has 1 aliphatic heterocycles. The molecule has 1 aliphatic rings. The van der Waals surface area contributed by atoms with Crippen molar-refractivity contribution in [2.24, 2.45) is 23.7 Å². The van der Waals surface area contributed by atoms with Gasteiger partial charge in [-0.2, -0.15) is 0 Å². The highest BCUT2D eigenvalue weighted by Crippen LogP contribution is 2.30. The average Bonchev–Trinajstić information content (AvgIpc) is 3.59. The Hall–Kier alpha value is -3.06. The molecule has 0 aliphatic carbocycles. The summed E-state index contributed by atoms with van der Waals surface area (Å²) >= 11 is 0. The standard InChI is InChI=1S/C40H69N5O7/c1-14-26(6)35(44(11)40(50)33(24(2)3)42-39(49)34(25(4)5)43(9)10)31(51-12)23-32(46)45-22-18-21-30(45)37(52-13)27(7)38(48)41-28(8)36(47)29-19-16-15-17-20-29/h15-17,19-20,24-28,30-31,33-37,47H,14,18,21-23H2,1-13H3,(H,41,48)(H,42,49)/t26-,27+,28+,30-,31?,33-,34-,35-,36+,37+/m0/s1. The van der Waals surface area contributed by atoms with Crippen LogP contribution < -0.4 is 10.6 Å². The number of rotatable bonds is 20. The number of carbonyl (C=O) groups is 4. The molecule has 0 saturated carbocycles. The number of ether oxygens (including phenoxy) is 2. The van der Waals surface area contributed by atoms with Crippen molar-refractivity contribution >= 4 is 23.6 Å². The highest BCUT2D eigenvalue weighted by Gasteiger charge is 2.43. The number of methoxy groups -OCH3 is 2. The van der Waals surface area contributed by atoms with Gasteiger partial charge in [-0.3, -0.25) is 24.1 Å². The number of aliphatic hydroxyl groups is 1. The zero-order valence-electron chi connectivity index (χ0n) is 34.1. The molecular weight excluding hydrogens is 662 g/mol. The van der Waals surface area contributed by atoms with Crippen LogP contribution in [0.5, 0.6) is 0 Å². The zero-order chi connectivity index (χ0) is 39.4. The van der Waals surface area contributed by atoms with E-state index in [-0.39, 0.29) is 53.8 Å². The van der Waals surface area contributed by atoms with Gasteiger partial charge in [0.05, 0.1) is 54.8 Å². The number of hydrogen-bond donors (Lipinski definition) is 3. The Balaban J connectivity index is 2.25. The smallest absolute Gasteiger partial charge is 0.245 e. The van der Waals surface area contributed by atoms with Crippen molar-refractivity contribution in [1.82, 2.24) is 25.3 Å². The van der Waals surface area contributed by atoms with Gasteiger partial charge in [0.2, 0.25) is 23.6 Å². The molecule has 1 aromatic rings. The van der Waals surface area contributed by atoms with E-state index in [0.717, 1.165) is 12.8 Å². The molecular formula is C40H69N5O7. The van der Waals surface area contributed by atoms with E-state index in [0.29, 0.717) is 18.5 Å². The Bertz CT molecular complexity index is 1270. The van der Waals surface area contributed by atoms with Gasteiger partial charge < -0.3 is 35.0 Å². The molecule has 1 saturated heterocycles. The van der Waals surface area contributed by atoms with Gasteiger partial charge in [0.1, 0.15) is 6.04 Å². The predicted octanol–water partition coefficient (Wildman–Crippen LogP) is 3.87. The van der Waals surface area contributed by atoms with Crippen molar-refractivity contribution in [3.8, 4) is 0 Å². The fourth-order valence-corrected chi connectivity index (χ4v) is 7.78. The van der Waals surface area contributed by atoms with Gasteiger partial charge in [0, 0.05) is 27.8 Å². The first-order valence-electron chi connectivity index (χ1n) is 19.0. The van der Waals surface area contributed by atoms with Crippen LogP contribution in [0.1, 0.15) is 92.7 Å². The summed E-state index contributed by atoms with van der Waals surface area (Å²) in [5.74, 6) is -1.57. The molecule has 3 N–H and O–H groups in total. The Morgan fingerprint density at radius 2 is 1.52 bits per heavy atom. The van der Waals surface area contributed by atoms with Crippen LogP contribution in [0.15, 0.2) is 30.3 Å². The summed E-state index contributed by atoms with van der Waals surface area (Å²) in [5.41, 5.74) is 0.711. The van der Waals surface area contributed by atoms with Crippen molar-refractivity contribution in [1.29, 1.82) is 0 Å². The third-order valence-electron chi connectivity index (χ3n) is 10.9. The van der Waals surface area contributed by atoms with Gasteiger partial charge in [-0.05, 0) is 57.2 Å². The maximum atomic E-state index is 14.2. The molecule has 0 spiro atoms. The third kappa shape index (κ3) is 11.5. The number of benzene rings is 1. The summed E-state index contributed by atoms with van der Waals surface area (Å²) in [4.78, 5) is 60.6. The van der Waals surface area contributed by atoms with Crippen molar-refractivity contribution in [2.45, 2.75) is 130 Å². The lowest BCUT2D eigenvalue weighted by Crippen LogP contribution is -2.59. The Labute approximate surface area is 313 Å². The van der Waals surface area contributed by atoms with E-state index in [1.807, 2.05) is 90.9 Å². The molecule has 52 heavy (non-hydrogen) atoms. The summed E-state index contributed by atoms with van der Waals surface area (Å²) in [6.07, 6.45) is 0.148. The average molecular weight is 732 g/mol. The second-order valence-electron chi connectivity index (χ2n) is 15.6. The molecule has 0 bridgehead atoms. The highest BCUT2D eigenvalue weighted by atomic mass is 16.5. The molecule has 4 amide bonds. The van der Waals surface area contributed by atoms with Gasteiger partial charge in [0.15, 0.2) is 0 Å². The molecule has 1 fully saturated rings. The number of amides is 4. The first kappa shape index (κ1) is 45.1. The minimum absolute atomic E-state index is 0.0153. The van der Waals surface area contributed by atoms with Gasteiger partial charge >= 0.3 is 0 Å². The van der Waals surface area contributed by atoms with Crippen LogP contribution >= 0.6 is 0 Å². The highest BCUT2D eigenvalue weighted by molar-refractivity contribution is 5.90. The largest absolute Gasteiger partial charge is 0.386 e. The molecule has 1 unspecified atom stereocenters. The van der Waals surface area contributed by atoms with Gasteiger partial charge in [-0.1, -0.05) is 85.2 Å². The summed E-state index contributed by atoms with van der Waals surface area (Å²) in [6.45, 7) is 16.0. The van der Waals surface area contributed by atoms with Crippen molar-refractivity contribution in [3.63, 3.8) is 0 Å². The molecule has 12 heteroatoms. The van der Waals surface area contributed by atoms with Crippen molar-refractivity contribution < 1.29 is 33.8 Å². The Kier molecular flexibility index (Phi) is 18.2. The first-order valence-corrected chi connectivity index (χ1v) is 19.0. The number of likely N-dealkylation sites (N-methyl/N-ethyl adjacent to an activating group) is 2. The number of likely N-dealkylation sites (tertiary alicyclic amines) is 1. The Morgan fingerprint density at radius 1 is 0.904 bits per heavy atom. The third-order valence-corrected chi connectivity index (χ3v) is 10.9. The van der Waals surface area contributed by atoms with Crippen molar-refractivity contribution in [2.75, 3.05) is 41.9 Å². The summed E-state index contributed by atoms with van der Waals surface area (Å²) in [5, 5.41) is 16.8. The lowest BCUT2D eigenvalue weighted by atomic mass is 9.89. The molecule has 12 nitrogen and oxygen atoms in total. The van der Waals surface area contributed by atoms with E-state index in [9.17, 15) is 24.3 Å². The number of hydrogen-bond acceptors (Lipinski definition) is 8. The number of nitrogens with one attached hydrogen (secondary N) is 2. The zero-order valence-corrected chi connectivity index (χ0v) is 34.1. The van der Waals surface area contributed by atoms with E-state index in [4.69, 9.17) is 9.47 Å².